The maximum Gasteiger partial charge on any atom is 0.294 e. The molecule has 1 aliphatic rings. The number of hydrogen-bond acceptors (Lipinski definition) is 3. The number of anilines is 2. The second kappa shape index (κ2) is 4.17. The molecule has 0 fully saturated rings. The molecule has 0 saturated heterocycles. The Labute approximate surface area is 113 Å². The largest absolute Gasteiger partial charge is 0.444 e. The monoisotopic (exact) mass is 306 g/mol. The summed E-state index contributed by atoms with van der Waals surface area (Å²) in [5.41, 5.74) is 8.49. The summed E-state index contributed by atoms with van der Waals surface area (Å²) in [5, 5.41) is 0. The molecule has 1 aromatic carbocycles. The van der Waals surface area contributed by atoms with Crippen LogP contribution >= 0.6 is 15.9 Å². The molecule has 0 radical (unpaired) electrons. The molecule has 0 aliphatic carbocycles. The lowest BCUT2D eigenvalue weighted by molar-refractivity contribution is 0.0961. The van der Waals surface area contributed by atoms with E-state index in [9.17, 15) is 4.79 Å². The van der Waals surface area contributed by atoms with E-state index in [-0.39, 0.29) is 5.91 Å². The van der Waals surface area contributed by atoms with Gasteiger partial charge in [-0.15, -0.1) is 0 Å². The molecule has 3 rings (SSSR count). The van der Waals surface area contributed by atoms with E-state index in [2.05, 4.69) is 15.9 Å². The van der Waals surface area contributed by atoms with Crippen molar-refractivity contribution in [2.75, 3.05) is 17.2 Å². The number of hydrogen-bond donors (Lipinski definition) is 1. The Morgan fingerprint density at radius 3 is 2.89 bits per heavy atom. The Balaban J connectivity index is 1.95. The lowest BCUT2D eigenvalue weighted by Gasteiger charge is -2.15. The molecule has 2 aromatic rings. The molecule has 18 heavy (non-hydrogen) atoms. The molecule has 0 bridgehead atoms. The van der Waals surface area contributed by atoms with Crippen LogP contribution in [0.1, 0.15) is 16.1 Å². The first-order valence-corrected chi connectivity index (χ1v) is 6.40. The first-order valence-electron chi connectivity index (χ1n) is 5.61. The number of carbonyl (C=O) groups is 1. The number of carbonyl (C=O) groups excluding carboxylic acids is 1. The number of nitrogens with zero attached hydrogens (tertiary/aromatic N) is 1. The zero-order chi connectivity index (χ0) is 12.7. The average molecular weight is 307 g/mol. The van der Waals surface area contributed by atoms with Crippen LogP contribution in [0.25, 0.3) is 0 Å². The molecule has 1 aliphatic heterocycles. The van der Waals surface area contributed by atoms with Gasteiger partial charge >= 0.3 is 0 Å². The van der Waals surface area contributed by atoms with Gasteiger partial charge in [-0.1, -0.05) is 0 Å². The molecule has 0 spiro atoms. The Hall–Kier alpha value is -1.75. The molecule has 5 heteroatoms. The molecule has 1 amide bonds. The van der Waals surface area contributed by atoms with Gasteiger partial charge in [-0.25, -0.2) is 0 Å². The third-order valence-electron chi connectivity index (χ3n) is 3.03. The third kappa shape index (κ3) is 1.80. The second-order valence-electron chi connectivity index (χ2n) is 4.20. The predicted molar refractivity (Wildman–Crippen MR) is 72.6 cm³/mol. The van der Waals surface area contributed by atoms with E-state index in [1.165, 1.54) is 0 Å². The summed E-state index contributed by atoms with van der Waals surface area (Å²) in [7, 11) is 0. The summed E-state index contributed by atoms with van der Waals surface area (Å²) >= 11 is 3.20. The number of fused-ring (bicyclic) bond motifs is 1. The quantitative estimate of drug-likeness (QED) is 0.824. The minimum Gasteiger partial charge on any atom is -0.444 e. The highest BCUT2D eigenvalue weighted by Gasteiger charge is 2.27. The van der Waals surface area contributed by atoms with Crippen LogP contribution in [0.5, 0.6) is 0 Å². The van der Waals surface area contributed by atoms with Gasteiger partial charge in [0.15, 0.2) is 10.4 Å². The summed E-state index contributed by atoms with van der Waals surface area (Å²) in [6, 6.07) is 8.99. The average Bonchev–Trinajstić information content (AvgIpc) is 2.94. The Morgan fingerprint density at radius 2 is 2.17 bits per heavy atom. The summed E-state index contributed by atoms with van der Waals surface area (Å²) < 4.78 is 5.86. The summed E-state index contributed by atoms with van der Waals surface area (Å²) in [6.45, 7) is 0.663. The van der Waals surface area contributed by atoms with Crippen LogP contribution < -0.4 is 10.6 Å². The molecular formula is C13H11BrN2O2. The highest BCUT2D eigenvalue weighted by Crippen LogP contribution is 2.31. The molecule has 0 saturated carbocycles. The van der Waals surface area contributed by atoms with E-state index in [1.54, 1.807) is 17.0 Å². The number of rotatable bonds is 1. The van der Waals surface area contributed by atoms with Crippen LogP contribution in [-0.4, -0.2) is 12.5 Å². The first kappa shape index (κ1) is 11.3. The highest BCUT2D eigenvalue weighted by atomic mass is 79.9. The standard InChI is InChI=1S/C13H11BrN2O2/c14-12-4-3-11(18-12)13(17)16-6-5-8-7-9(15)1-2-10(8)16/h1-4,7H,5-6,15H2. The number of nitrogen functional groups attached to an aromatic ring is 1. The molecule has 1 aromatic heterocycles. The van der Waals surface area contributed by atoms with Gasteiger partial charge in [-0.2, -0.15) is 0 Å². The van der Waals surface area contributed by atoms with E-state index in [0.29, 0.717) is 17.0 Å². The van der Waals surface area contributed by atoms with Crippen molar-refractivity contribution in [3.63, 3.8) is 0 Å². The van der Waals surface area contributed by atoms with Gasteiger partial charge in [0.25, 0.3) is 5.91 Å². The molecule has 92 valence electrons. The fourth-order valence-corrected chi connectivity index (χ4v) is 2.50. The molecule has 2 N–H and O–H groups in total. The minimum atomic E-state index is -0.121. The smallest absolute Gasteiger partial charge is 0.294 e. The third-order valence-corrected chi connectivity index (χ3v) is 3.45. The van der Waals surface area contributed by atoms with Crippen molar-refractivity contribution in [3.05, 3.63) is 46.3 Å². The maximum absolute atomic E-state index is 12.3. The first-order chi connectivity index (χ1) is 8.65. The van der Waals surface area contributed by atoms with Gasteiger partial charge in [-0.3, -0.25) is 4.79 Å². The maximum atomic E-state index is 12.3. The summed E-state index contributed by atoms with van der Waals surface area (Å²) in [5.74, 6) is 0.218. The van der Waals surface area contributed by atoms with Crippen molar-refractivity contribution >= 4 is 33.2 Å². The topological polar surface area (TPSA) is 59.5 Å². The summed E-state index contributed by atoms with van der Waals surface area (Å²) in [6.07, 6.45) is 0.827. The zero-order valence-corrected chi connectivity index (χ0v) is 11.1. The van der Waals surface area contributed by atoms with E-state index in [1.807, 2.05) is 18.2 Å². The van der Waals surface area contributed by atoms with E-state index in [0.717, 1.165) is 23.4 Å². The number of amides is 1. The van der Waals surface area contributed by atoms with Crippen molar-refractivity contribution < 1.29 is 9.21 Å². The fraction of sp³-hybridized carbons (Fsp3) is 0.154. The fourth-order valence-electron chi connectivity index (χ4n) is 2.19. The van der Waals surface area contributed by atoms with Crippen LogP contribution in [0.4, 0.5) is 11.4 Å². The highest BCUT2D eigenvalue weighted by molar-refractivity contribution is 9.10. The van der Waals surface area contributed by atoms with Crippen LogP contribution in [0, 0.1) is 0 Å². The summed E-state index contributed by atoms with van der Waals surface area (Å²) in [4.78, 5) is 14.0. The van der Waals surface area contributed by atoms with Crippen LogP contribution in [0.2, 0.25) is 0 Å². The number of furan rings is 1. The van der Waals surface area contributed by atoms with Gasteiger partial charge in [0.1, 0.15) is 0 Å². The van der Waals surface area contributed by atoms with E-state index in [4.69, 9.17) is 10.2 Å². The van der Waals surface area contributed by atoms with Crippen LogP contribution in [0.3, 0.4) is 0 Å². The van der Waals surface area contributed by atoms with E-state index >= 15 is 0 Å². The van der Waals surface area contributed by atoms with Crippen LogP contribution in [-0.2, 0) is 6.42 Å². The van der Waals surface area contributed by atoms with Gasteiger partial charge in [0.2, 0.25) is 0 Å². The molecule has 0 atom stereocenters. The molecule has 2 heterocycles. The minimum absolute atomic E-state index is 0.121. The van der Waals surface area contributed by atoms with Crippen molar-refractivity contribution in [3.8, 4) is 0 Å². The Kier molecular flexibility index (Phi) is 2.63. The van der Waals surface area contributed by atoms with Gasteiger partial charge in [0, 0.05) is 17.9 Å². The Morgan fingerprint density at radius 1 is 1.33 bits per heavy atom. The lowest BCUT2D eigenvalue weighted by Crippen LogP contribution is -2.28. The number of benzene rings is 1. The number of nitrogens with two attached hydrogens (primary N) is 1. The van der Waals surface area contributed by atoms with Crippen LogP contribution in [0.15, 0.2) is 39.4 Å². The normalized spacial score (nSPS) is 13.7. The van der Waals surface area contributed by atoms with Gasteiger partial charge in [-0.05, 0) is 58.2 Å². The van der Waals surface area contributed by atoms with Gasteiger partial charge < -0.3 is 15.1 Å². The zero-order valence-electron chi connectivity index (χ0n) is 9.52. The van der Waals surface area contributed by atoms with Crippen molar-refractivity contribution in [2.45, 2.75) is 6.42 Å². The Bertz CT molecular complexity index is 621. The van der Waals surface area contributed by atoms with Crippen molar-refractivity contribution in [1.82, 2.24) is 0 Å². The molecular weight excluding hydrogens is 296 g/mol. The number of halogens is 1. The predicted octanol–water partition coefficient (Wildman–Crippen LogP) is 2.83. The van der Waals surface area contributed by atoms with E-state index < -0.39 is 0 Å². The molecule has 4 nitrogen and oxygen atoms in total. The van der Waals surface area contributed by atoms with Gasteiger partial charge in [0.05, 0.1) is 0 Å². The molecule has 0 unspecified atom stereocenters. The SMILES string of the molecule is Nc1ccc2c(c1)CCN2C(=O)c1ccc(Br)o1. The van der Waals surface area contributed by atoms with Crippen molar-refractivity contribution in [2.24, 2.45) is 0 Å². The lowest BCUT2D eigenvalue weighted by atomic mass is 10.1. The second-order valence-corrected chi connectivity index (χ2v) is 4.98. The van der Waals surface area contributed by atoms with Crippen molar-refractivity contribution in [1.29, 1.82) is 0 Å².